The largest absolute Gasteiger partial charge is 0.348 e. The van der Waals surface area contributed by atoms with E-state index in [1.165, 1.54) is 12.1 Å². The quantitative estimate of drug-likeness (QED) is 0.783. The Morgan fingerprint density at radius 2 is 1.79 bits per heavy atom. The molecule has 1 aromatic heterocycles. The lowest BCUT2D eigenvalue weighted by Gasteiger charge is -2.08. The van der Waals surface area contributed by atoms with Gasteiger partial charge in [0.25, 0.3) is 5.91 Å². The smallest absolute Gasteiger partial charge is 0.251 e. The van der Waals surface area contributed by atoms with Crippen LogP contribution in [0.3, 0.4) is 0 Å². The van der Waals surface area contributed by atoms with E-state index in [-0.39, 0.29) is 17.5 Å². The van der Waals surface area contributed by atoms with Crippen LogP contribution in [0.25, 0.3) is 11.0 Å². The van der Waals surface area contributed by atoms with Gasteiger partial charge in [-0.1, -0.05) is 17.7 Å². The summed E-state index contributed by atoms with van der Waals surface area (Å²) < 4.78 is 13.1. The fourth-order valence-electron chi connectivity index (χ4n) is 2.31. The number of nitrogens with one attached hydrogen (secondary N) is 1. The van der Waals surface area contributed by atoms with Gasteiger partial charge in [0, 0.05) is 12.1 Å². The third-order valence-electron chi connectivity index (χ3n) is 3.77. The number of aryl methyl sites for hydroxylation is 2. The van der Waals surface area contributed by atoms with E-state index in [2.05, 4.69) is 15.3 Å². The summed E-state index contributed by atoms with van der Waals surface area (Å²) in [4.78, 5) is 21.2. The summed E-state index contributed by atoms with van der Waals surface area (Å²) in [5, 5.41) is 2.82. The first-order valence-corrected chi connectivity index (χ1v) is 7.79. The van der Waals surface area contributed by atoms with E-state index in [1.807, 2.05) is 13.8 Å². The number of halogens is 2. The van der Waals surface area contributed by atoms with E-state index in [1.54, 1.807) is 24.3 Å². The van der Waals surface area contributed by atoms with Crippen LogP contribution >= 0.6 is 11.6 Å². The summed E-state index contributed by atoms with van der Waals surface area (Å²) in [6.07, 6.45) is 0. The Hall–Kier alpha value is -2.53. The number of nitrogens with zero attached hydrogens (tertiary/aromatic N) is 2. The molecule has 122 valence electrons. The topological polar surface area (TPSA) is 54.9 Å². The molecule has 3 rings (SSSR count). The van der Waals surface area contributed by atoms with Gasteiger partial charge < -0.3 is 5.32 Å². The van der Waals surface area contributed by atoms with Gasteiger partial charge in [0.2, 0.25) is 0 Å². The molecule has 0 bridgehead atoms. The molecule has 1 amide bonds. The molecule has 4 nitrogen and oxygen atoms in total. The molecule has 1 N–H and O–H groups in total. The molecule has 0 radical (unpaired) electrons. The van der Waals surface area contributed by atoms with Crippen LogP contribution in [0, 0.1) is 19.7 Å². The molecule has 1 heterocycles. The third kappa shape index (κ3) is 3.36. The average Bonchev–Trinajstić information content (AvgIpc) is 2.56. The maximum absolute atomic E-state index is 13.1. The van der Waals surface area contributed by atoms with Gasteiger partial charge in [0.05, 0.1) is 27.4 Å². The van der Waals surface area contributed by atoms with Crippen molar-refractivity contribution in [1.29, 1.82) is 0 Å². The van der Waals surface area contributed by atoms with E-state index in [9.17, 15) is 9.18 Å². The Morgan fingerprint density at radius 3 is 2.50 bits per heavy atom. The van der Waals surface area contributed by atoms with Crippen molar-refractivity contribution in [3.8, 4) is 0 Å². The summed E-state index contributed by atoms with van der Waals surface area (Å²) in [6, 6.07) is 9.55. The second-order valence-corrected chi connectivity index (χ2v) is 5.94. The number of benzene rings is 2. The van der Waals surface area contributed by atoms with Gasteiger partial charge in [-0.15, -0.1) is 0 Å². The second kappa shape index (κ2) is 6.53. The first-order valence-electron chi connectivity index (χ1n) is 7.41. The summed E-state index contributed by atoms with van der Waals surface area (Å²) in [7, 11) is 0. The van der Waals surface area contributed by atoms with Crippen LogP contribution in [0.1, 0.15) is 27.3 Å². The van der Waals surface area contributed by atoms with Crippen molar-refractivity contribution in [3.63, 3.8) is 0 Å². The van der Waals surface area contributed by atoms with Gasteiger partial charge >= 0.3 is 0 Å². The highest BCUT2D eigenvalue weighted by atomic mass is 35.5. The molecule has 0 saturated carbocycles. The Morgan fingerprint density at radius 1 is 1.08 bits per heavy atom. The molecule has 0 fully saturated rings. The number of hydrogen-bond acceptors (Lipinski definition) is 3. The van der Waals surface area contributed by atoms with Crippen molar-refractivity contribution in [2.45, 2.75) is 20.4 Å². The molecule has 2 aromatic carbocycles. The van der Waals surface area contributed by atoms with Crippen LogP contribution in [0.2, 0.25) is 5.02 Å². The van der Waals surface area contributed by atoms with Crippen molar-refractivity contribution in [1.82, 2.24) is 15.3 Å². The van der Waals surface area contributed by atoms with Crippen molar-refractivity contribution >= 4 is 28.5 Å². The van der Waals surface area contributed by atoms with E-state index < -0.39 is 5.82 Å². The highest BCUT2D eigenvalue weighted by molar-refractivity contribution is 6.30. The maximum atomic E-state index is 13.1. The van der Waals surface area contributed by atoms with E-state index in [0.717, 1.165) is 22.5 Å². The number of carbonyl (C=O) groups is 1. The fraction of sp³-hybridized carbons (Fsp3) is 0.167. The van der Waals surface area contributed by atoms with E-state index >= 15 is 0 Å². The molecule has 0 aliphatic carbocycles. The zero-order valence-electron chi connectivity index (χ0n) is 13.2. The van der Waals surface area contributed by atoms with Gasteiger partial charge in [-0.25, -0.2) is 14.4 Å². The van der Waals surface area contributed by atoms with Crippen molar-refractivity contribution in [3.05, 3.63) is 69.8 Å². The molecule has 0 saturated heterocycles. The molecule has 24 heavy (non-hydrogen) atoms. The van der Waals surface area contributed by atoms with Crippen LogP contribution in [0.15, 0.2) is 36.4 Å². The number of fused-ring (bicyclic) bond motifs is 1. The number of rotatable bonds is 3. The van der Waals surface area contributed by atoms with Crippen molar-refractivity contribution < 1.29 is 9.18 Å². The van der Waals surface area contributed by atoms with Gasteiger partial charge in [0.15, 0.2) is 0 Å². The van der Waals surface area contributed by atoms with E-state index in [0.29, 0.717) is 11.1 Å². The van der Waals surface area contributed by atoms with Crippen LogP contribution in [0.4, 0.5) is 4.39 Å². The maximum Gasteiger partial charge on any atom is 0.251 e. The second-order valence-electron chi connectivity index (χ2n) is 5.53. The molecular formula is C18H15ClFN3O. The predicted molar refractivity (Wildman–Crippen MR) is 91.6 cm³/mol. The minimum atomic E-state index is -0.481. The molecule has 0 aliphatic heterocycles. The average molecular weight is 344 g/mol. The number of aromatic nitrogens is 2. The zero-order chi connectivity index (χ0) is 17.3. The van der Waals surface area contributed by atoms with Crippen molar-refractivity contribution in [2.24, 2.45) is 0 Å². The summed E-state index contributed by atoms with van der Waals surface area (Å²) >= 11 is 5.74. The monoisotopic (exact) mass is 343 g/mol. The summed E-state index contributed by atoms with van der Waals surface area (Å²) in [5.41, 5.74) is 4.35. The first kappa shape index (κ1) is 16.3. The van der Waals surface area contributed by atoms with Gasteiger partial charge in [0.1, 0.15) is 5.82 Å². The fourth-order valence-corrected chi connectivity index (χ4v) is 2.51. The molecular weight excluding hydrogens is 329 g/mol. The minimum absolute atomic E-state index is 0.0357. The molecule has 0 spiro atoms. The van der Waals surface area contributed by atoms with E-state index in [4.69, 9.17) is 11.6 Å². The minimum Gasteiger partial charge on any atom is -0.348 e. The molecule has 0 atom stereocenters. The highest BCUT2D eigenvalue weighted by Crippen LogP contribution is 2.17. The van der Waals surface area contributed by atoms with Gasteiger partial charge in [-0.3, -0.25) is 4.79 Å². The molecule has 3 aromatic rings. The number of carbonyl (C=O) groups excluding carboxylic acids is 1. The number of hydrogen-bond donors (Lipinski definition) is 1. The van der Waals surface area contributed by atoms with Crippen LogP contribution in [-0.2, 0) is 6.54 Å². The normalized spacial score (nSPS) is 10.8. The predicted octanol–water partition coefficient (Wildman–Crippen LogP) is 3.97. The van der Waals surface area contributed by atoms with Gasteiger partial charge in [-0.2, -0.15) is 0 Å². The standard InChI is InChI=1S/C18H15ClFN3O/c1-10-11(2)23-17-8-13(4-6-16(17)22-10)18(24)21-9-12-3-5-15(20)14(19)7-12/h3-8H,9H2,1-2H3,(H,21,24). The lowest BCUT2D eigenvalue weighted by atomic mass is 10.1. The molecule has 0 aliphatic rings. The molecule has 0 unspecified atom stereocenters. The lowest BCUT2D eigenvalue weighted by Crippen LogP contribution is -2.22. The third-order valence-corrected chi connectivity index (χ3v) is 4.06. The van der Waals surface area contributed by atoms with Crippen molar-refractivity contribution in [2.75, 3.05) is 0 Å². The Labute approximate surface area is 143 Å². The summed E-state index contributed by atoms with van der Waals surface area (Å²) in [6.45, 7) is 4.04. The van der Waals surface area contributed by atoms with Crippen LogP contribution in [-0.4, -0.2) is 15.9 Å². The van der Waals surface area contributed by atoms with Gasteiger partial charge in [-0.05, 0) is 49.7 Å². The zero-order valence-corrected chi connectivity index (χ0v) is 14.0. The summed E-state index contributed by atoms with van der Waals surface area (Å²) in [5.74, 6) is -0.720. The Kier molecular flexibility index (Phi) is 4.44. The lowest BCUT2D eigenvalue weighted by molar-refractivity contribution is 0.0951. The highest BCUT2D eigenvalue weighted by Gasteiger charge is 2.09. The molecule has 6 heteroatoms. The first-order chi connectivity index (χ1) is 11.4. The number of amides is 1. The SMILES string of the molecule is Cc1nc2ccc(C(=O)NCc3ccc(F)c(Cl)c3)cc2nc1C. The van der Waals surface area contributed by atoms with Crippen LogP contribution in [0.5, 0.6) is 0 Å². The Balaban J connectivity index is 1.78. The Bertz CT molecular complexity index is 943. The van der Waals surface area contributed by atoms with Crippen LogP contribution < -0.4 is 5.32 Å².